The first-order valence-corrected chi connectivity index (χ1v) is 10.3. The fraction of sp³-hybridized carbons (Fsp3) is 0.350. The maximum absolute atomic E-state index is 12.5. The Balaban J connectivity index is 1.88. The van der Waals surface area contributed by atoms with E-state index >= 15 is 0 Å². The second-order valence-corrected chi connectivity index (χ2v) is 7.69. The Morgan fingerprint density at radius 1 is 1.03 bits per heavy atom. The summed E-state index contributed by atoms with van der Waals surface area (Å²) >= 11 is 0.942. The van der Waals surface area contributed by atoms with Gasteiger partial charge in [-0.3, -0.25) is 28.7 Å². The molecule has 1 aromatic carbocycles. The molecule has 0 unspecified atom stereocenters. The standard InChI is InChI=1S/C20H20N2O8S/c1-11(23)28-16-14(10-31-19(26)13-6-4-3-5-7-13)30-18(17(16)29-12(2)24)22-9-8-15(25)21-20(22)27/h3-9,14,16-18H,10H2,1-2H3,(H,21,25,27)/t14-,16-,17-,18-/m1/s1. The zero-order valence-electron chi connectivity index (χ0n) is 16.7. The number of thioether (sulfide) groups is 1. The minimum Gasteiger partial charge on any atom is -0.456 e. The van der Waals surface area contributed by atoms with Crippen LogP contribution < -0.4 is 11.2 Å². The van der Waals surface area contributed by atoms with Gasteiger partial charge in [0.25, 0.3) is 5.56 Å². The van der Waals surface area contributed by atoms with Crippen LogP contribution in [0.1, 0.15) is 30.4 Å². The van der Waals surface area contributed by atoms with E-state index in [4.69, 9.17) is 14.2 Å². The van der Waals surface area contributed by atoms with Gasteiger partial charge in [0.05, 0.1) is 0 Å². The molecule has 0 spiro atoms. The highest BCUT2D eigenvalue weighted by Gasteiger charge is 2.50. The summed E-state index contributed by atoms with van der Waals surface area (Å²) in [5.41, 5.74) is -0.912. The van der Waals surface area contributed by atoms with E-state index in [-0.39, 0.29) is 10.9 Å². The third-order valence-electron chi connectivity index (χ3n) is 4.40. The molecule has 0 saturated carbocycles. The largest absolute Gasteiger partial charge is 0.456 e. The Morgan fingerprint density at radius 2 is 1.68 bits per heavy atom. The Labute approximate surface area is 180 Å². The highest BCUT2D eigenvalue weighted by atomic mass is 32.2. The Morgan fingerprint density at radius 3 is 2.29 bits per heavy atom. The summed E-state index contributed by atoms with van der Waals surface area (Å²) in [7, 11) is 0. The van der Waals surface area contributed by atoms with E-state index < -0.39 is 47.7 Å². The fourth-order valence-electron chi connectivity index (χ4n) is 3.16. The normalized spacial score (nSPS) is 22.6. The number of aromatic amines is 1. The molecular weight excluding hydrogens is 428 g/mol. The second-order valence-electron chi connectivity index (χ2n) is 6.70. The first kappa shape index (κ1) is 22.5. The summed E-state index contributed by atoms with van der Waals surface area (Å²) in [6, 6.07) is 9.69. The van der Waals surface area contributed by atoms with Crippen molar-refractivity contribution >= 4 is 28.8 Å². The van der Waals surface area contributed by atoms with E-state index in [1.807, 2.05) is 0 Å². The number of nitrogens with zero attached hydrogens (tertiary/aromatic N) is 1. The number of ether oxygens (including phenoxy) is 3. The van der Waals surface area contributed by atoms with E-state index in [0.717, 1.165) is 22.4 Å². The molecule has 1 aromatic heterocycles. The average Bonchev–Trinajstić information content (AvgIpc) is 3.02. The molecule has 31 heavy (non-hydrogen) atoms. The third kappa shape index (κ3) is 5.50. The molecule has 2 aromatic rings. The van der Waals surface area contributed by atoms with Gasteiger partial charge in [0, 0.05) is 37.4 Å². The minimum absolute atomic E-state index is 0.0675. The van der Waals surface area contributed by atoms with Crippen molar-refractivity contribution in [3.8, 4) is 0 Å². The first-order valence-electron chi connectivity index (χ1n) is 9.30. The Kier molecular flexibility index (Phi) is 7.08. The monoisotopic (exact) mass is 448 g/mol. The van der Waals surface area contributed by atoms with Crippen molar-refractivity contribution in [2.75, 3.05) is 5.75 Å². The summed E-state index contributed by atoms with van der Waals surface area (Å²) < 4.78 is 17.6. The number of hydrogen-bond acceptors (Lipinski definition) is 9. The Bertz CT molecular complexity index is 1080. The van der Waals surface area contributed by atoms with Gasteiger partial charge in [-0.2, -0.15) is 0 Å². The predicted molar refractivity (Wildman–Crippen MR) is 110 cm³/mol. The number of rotatable bonds is 6. The molecule has 0 amide bonds. The molecule has 1 aliphatic heterocycles. The van der Waals surface area contributed by atoms with Crippen LogP contribution in [0.25, 0.3) is 0 Å². The minimum atomic E-state index is -1.17. The molecule has 1 saturated heterocycles. The van der Waals surface area contributed by atoms with Crippen molar-refractivity contribution in [2.45, 2.75) is 38.4 Å². The highest BCUT2D eigenvalue weighted by Crippen LogP contribution is 2.35. The zero-order valence-corrected chi connectivity index (χ0v) is 17.5. The van der Waals surface area contributed by atoms with E-state index in [1.54, 1.807) is 30.3 Å². The number of esters is 2. The van der Waals surface area contributed by atoms with Gasteiger partial charge in [-0.1, -0.05) is 42.1 Å². The van der Waals surface area contributed by atoms with E-state index in [0.29, 0.717) is 5.56 Å². The molecule has 10 nitrogen and oxygen atoms in total. The van der Waals surface area contributed by atoms with Crippen molar-refractivity contribution < 1.29 is 28.6 Å². The average molecular weight is 448 g/mol. The molecule has 3 rings (SSSR count). The van der Waals surface area contributed by atoms with Gasteiger partial charge in [0.2, 0.25) is 5.12 Å². The van der Waals surface area contributed by atoms with Crippen LogP contribution in [0.2, 0.25) is 0 Å². The number of benzene rings is 1. The van der Waals surface area contributed by atoms with Crippen LogP contribution in [0.5, 0.6) is 0 Å². The van der Waals surface area contributed by atoms with Crippen LogP contribution >= 0.6 is 11.8 Å². The molecule has 0 bridgehead atoms. The number of nitrogens with one attached hydrogen (secondary N) is 1. The van der Waals surface area contributed by atoms with Gasteiger partial charge in [-0.15, -0.1) is 0 Å². The Hall–Kier alpha value is -3.18. The summed E-state index contributed by atoms with van der Waals surface area (Å²) in [5.74, 6) is -1.26. The molecule has 4 atom stereocenters. The lowest BCUT2D eigenvalue weighted by Gasteiger charge is -2.23. The fourth-order valence-corrected chi connectivity index (χ4v) is 4.05. The smallest absolute Gasteiger partial charge is 0.330 e. The van der Waals surface area contributed by atoms with Crippen molar-refractivity contribution in [2.24, 2.45) is 0 Å². The lowest BCUT2D eigenvalue weighted by atomic mass is 10.1. The van der Waals surface area contributed by atoms with Gasteiger partial charge in [0.15, 0.2) is 18.4 Å². The molecule has 1 N–H and O–H groups in total. The van der Waals surface area contributed by atoms with Crippen LogP contribution in [-0.2, 0) is 23.8 Å². The van der Waals surface area contributed by atoms with E-state index in [2.05, 4.69) is 4.98 Å². The van der Waals surface area contributed by atoms with Crippen molar-refractivity contribution in [1.82, 2.24) is 9.55 Å². The van der Waals surface area contributed by atoms with Crippen molar-refractivity contribution in [3.05, 3.63) is 69.0 Å². The highest BCUT2D eigenvalue weighted by molar-refractivity contribution is 8.14. The number of hydrogen-bond donors (Lipinski definition) is 1. The summed E-state index contributed by atoms with van der Waals surface area (Å²) in [6.07, 6.45) is -3.08. The number of aromatic nitrogens is 2. The topological polar surface area (TPSA) is 134 Å². The summed E-state index contributed by atoms with van der Waals surface area (Å²) in [4.78, 5) is 61.6. The quantitative estimate of drug-likeness (QED) is 0.639. The van der Waals surface area contributed by atoms with Gasteiger partial charge in [0.1, 0.15) is 6.10 Å². The van der Waals surface area contributed by atoms with Crippen LogP contribution in [0.3, 0.4) is 0 Å². The van der Waals surface area contributed by atoms with Crippen LogP contribution in [0, 0.1) is 0 Å². The van der Waals surface area contributed by atoms with Gasteiger partial charge in [-0.05, 0) is 0 Å². The molecule has 164 valence electrons. The van der Waals surface area contributed by atoms with Crippen LogP contribution in [0.15, 0.2) is 52.2 Å². The van der Waals surface area contributed by atoms with E-state index in [1.165, 1.54) is 20.0 Å². The molecular formula is C20H20N2O8S. The van der Waals surface area contributed by atoms with Gasteiger partial charge in [-0.25, -0.2) is 4.79 Å². The zero-order chi connectivity index (χ0) is 22.5. The summed E-state index contributed by atoms with van der Waals surface area (Å²) in [6.45, 7) is 2.35. The molecule has 0 aliphatic carbocycles. The number of carbonyl (C=O) groups excluding carboxylic acids is 3. The molecule has 2 heterocycles. The molecule has 11 heteroatoms. The predicted octanol–water partition coefficient (Wildman–Crippen LogP) is 0.871. The lowest BCUT2D eigenvalue weighted by molar-refractivity contribution is -0.165. The molecule has 1 fully saturated rings. The third-order valence-corrected chi connectivity index (χ3v) is 5.40. The lowest BCUT2D eigenvalue weighted by Crippen LogP contribution is -2.42. The maximum atomic E-state index is 12.5. The second kappa shape index (κ2) is 9.75. The maximum Gasteiger partial charge on any atom is 0.330 e. The van der Waals surface area contributed by atoms with Gasteiger partial charge < -0.3 is 14.2 Å². The van der Waals surface area contributed by atoms with Crippen molar-refractivity contribution in [3.63, 3.8) is 0 Å². The summed E-state index contributed by atoms with van der Waals surface area (Å²) in [5, 5.41) is -0.223. The van der Waals surface area contributed by atoms with Gasteiger partial charge >= 0.3 is 17.6 Å². The van der Waals surface area contributed by atoms with Crippen LogP contribution in [0.4, 0.5) is 0 Å². The van der Waals surface area contributed by atoms with Crippen molar-refractivity contribution in [1.29, 1.82) is 0 Å². The SMILES string of the molecule is CC(=O)O[C@@H]1[C@H](OC(C)=O)[C@@H](CSC(=O)c2ccccc2)O[C@H]1n1ccc(=O)[nH]c1=O. The number of H-pyrrole nitrogens is 1. The van der Waals surface area contributed by atoms with Crippen LogP contribution in [-0.4, -0.2) is 50.7 Å². The first-order chi connectivity index (χ1) is 14.8. The molecule has 1 aliphatic rings. The van der Waals surface area contributed by atoms with E-state index in [9.17, 15) is 24.0 Å². The number of carbonyl (C=O) groups is 3. The molecule has 0 radical (unpaired) electrons.